The van der Waals surface area contributed by atoms with E-state index in [0.29, 0.717) is 12.8 Å². The molecular weight excluding hydrogens is 495 g/mol. The largest absolute Gasteiger partial charge is 0.460 e. The second-order valence-corrected chi connectivity index (χ2v) is 10.7. The van der Waals surface area contributed by atoms with Crippen LogP contribution in [0.25, 0.3) is 0 Å². The van der Waals surface area contributed by atoms with Crippen LogP contribution in [-0.2, 0) is 19.1 Å². The van der Waals surface area contributed by atoms with Crippen LogP contribution in [0.2, 0.25) is 0 Å². The highest BCUT2D eigenvalue weighted by molar-refractivity contribution is 14.1. The lowest BCUT2D eigenvalue weighted by molar-refractivity contribution is -0.156. The third-order valence-electron chi connectivity index (χ3n) is 3.89. The number of aliphatic hydroxyl groups excluding tert-OH is 1. The van der Waals surface area contributed by atoms with Crippen molar-refractivity contribution in [3.8, 4) is 0 Å². The zero-order valence-corrected chi connectivity index (χ0v) is 22.5. The second-order valence-electron chi connectivity index (χ2n) is 9.62. The van der Waals surface area contributed by atoms with Crippen molar-refractivity contribution in [2.75, 3.05) is 11.0 Å². The van der Waals surface area contributed by atoms with Crippen molar-refractivity contribution in [2.24, 2.45) is 0 Å². The van der Waals surface area contributed by atoms with Gasteiger partial charge in [0.05, 0.1) is 0 Å². The fourth-order valence-corrected chi connectivity index (χ4v) is 3.13. The summed E-state index contributed by atoms with van der Waals surface area (Å²) in [5, 5.41) is 8.56. The van der Waals surface area contributed by atoms with E-state index in [2.05, 4.69) is 22.6 Å². The number of alkyl halides is 1. The lowest BCUT2D eigenvalue weighted by Gasteiger charge is -2.19. The average Bonchev–Trinajstić information content (AvgIpc) is 2.58. The number of halogens is 1. The predicted molar refractivity (Wildman–Crippen MR) is 133 cm³/mol. The molecule has 0 spiro atoms. The summed E-state index contributed by atoms with van der Waals surface area (Å²) in [6.45, 7) is 11.6. The van der Waals surface area contributed by atoms with Gasteiger partial charge in [-0.05, 0) is 71.7 Å². The minimum Gasteiger partial charge on any atom is -0.460 e. The Kier molecular flexibility index (Phi) is 20.5. The Balaban J connectivity index is 0. The van der Waals surface area contributed by atoms with Gasteiger partial charge in [0.2, 0.25) is 0 Å². The van der Waals surface area contributed by atoms with Crippen molar-refractivity contribution >= 4 is 34.5 Å². The van der Waals surface area contributed by atoms with Gasteiger partial charge >= 0.3 is 11.9 Å². The van der Waals surface area contributed by atoms with Crippen LogP contribution in [0.3, 0.4) is 0 Å². The lowest BCUT2D eigenvalue weighted by Crippen LogP contribution is -2.23. The molecule has 180 valence electrons. The Morgan fingerprint density at radius 1 is 0.633 bits per heavy atom. The van der Waals surface area contributed by atoms with Crippen LogP contribution < -0.4 is 0 Å². The summed E-state index contributed by atoms with van der Waals surface area (Å²) in [5.41, 5.74) is -0.702. The smallest absolute Gasteiger partial charge is 0.306 e. The molecule has 0 radical (unpaired) electrons. The van der Waals surface area contributed by atoms with Gasteiger partial charge in [-0.1, -0.05) is 61.1 Å². The van der Waals surface area contributed by atoms with Crippen molar-refractivity contribution < 1.29 is 24.2 Å². The highest BCUT2D eigenvalue weighted by Gasteiger charge is 2.16. The molecule has 30 heavy (non-hydrogen) atoms. The van der Waals surface area contributed by atoms with E-state index in [4.69, 9.17) is 14.6 Å². The first kappa shape index (κ1) is 31.8. The summed E-state index contributed by atoms with van der Waals surface area (Å²) in [6, 6.07) is 0. The molecule has 0 bridgehead atoms. The molecule has 0 aliphatic rings. The van der Waals surface area contributed by atoms with Crippen molar-refractivity contribution in [3.63, 3.8) is 0 Å². The van der Waals surface area contributed by atoms with Gasteiger partial charge in [-0.15, -0.1) is 0 Å². The summed E-state index contributed by atoms with van der Waals surface area (Å²) < 4.78 is 11.7. The molecule has 0 aromatic heterocycles. The molecule has 0 heterocycles. The molecular formula is C24H47IO5. The molecule has 5 nitrogen and oxygen atoms in total. The van der Waals surface area contributed by atoms with Gasteiger partial charge in [0.15, 0.2) is 0 Å². The summed E-state index contributed by atoms with van der Waals surface area (Å²) >= 11 is 2.40. The molecule has 0 saturated carbocycles. The maximum atomic E-state index is 11.3. The molecule has 6 heteroatoms. The number of hydrogen-bond donors (Lipinski definition) is 1. The van der Waals surface area contributed by atoms with Crippen LogP contribution >= 0.6 is 22.6 Å². The molecule has 0 rings (SSSR count). The second kappa shape index (κ2) is 19.3. The standard InChI is InChI=1S/C12H23IO2.C12H24O3/c2*1-12(2,3)15-11(14)9-7-5-4-6-8-10-13/h4-10H2,1-3H3;13H,4-10H2,1-3H3. The maximum absolute atomic E-state index is 11.3. The molecule has 0 aliphatic carbocycles. The summed E-state index contributed by atoms with van der Waals surface area (Å²) in [7, 11) is 0. The number of esters is 2. The van der Waals surface area contributed by atoms with Crippen LogP contribution in [0.15, 0.2) is 0 Å². The number of unbranched alkanes of at least 4 members (excludes halogenated alkanes) is 8. The molecule has 0 amide bonds. The van der Waals surface area contributed by atoms with Gasteiger partial charge in [-0.3, -0.25) is 9.59 Å². The number of hydrogen-bond acceptors (Lipinski definition) is 5. The normalized spacial score (nSPS) is 11.5. The zero-order chi connectivity index (χ0) is 23.5. The van der Waals surface area contributed by atoms with Crippen LogP contribution in [-0.4, -0.2) is 39.3 Å². The number of ether oxygens (including phenoxy) is 2. The van der Waals surface area contributed by atoms with Crippen molar-refractivity contribution in [3.05, 3.63) is 0 Å². The molecule has 0 aliphatic heterocycles. The molecule has 0 fully saturated rings. The van der Waals surface area contributed by atoms with Crippen molar-refractivity contribution in [1.82, 2.24) is 0 Å². The summed E-state index contributed by atoms with van der Waals surface area (Å²) in [6.07, 6.45) is 12.0. The Morgan fingerprint density at radius 3 is 1.30 bits per heavy atom. The van der Waals surface area contributed by atoms with E-state index in [9.17, 15) is 9.59 Å². The van der Waals surface area contributed by atoms with Gasteiger partial charge < -0.3 is 14.6 Å². The van der Waals surface area contributed by atoms with E-state index in [1.54, 1.807) is 0 Å². The Morgan fingerprint density at radius 2 is 0.967 bits per heavy atom. The first-order chi connectivity index (χ1) is 13.9. The summed E-state index contributed by atoms with van der Waals surface area (Å²) in [4.78, 5) is 22.6. The first-order valence-electron chi connectivity index (χ1n) is 11.5. The van der Waals surface area contributed by atoms with E-state index in [1.807, 2.05) is 41.5 Å². The maximum Gasteiger partial charge on any atom is 0.306 e. The van der Waals surface area contributed by atoms with Crippen LogP contribution in [0.4, 0.5) is 0 Å². The fraction of sp³-hybridized carbons (Fsp3) is 0.917. The van der Waals surface area contributed by atoms with Crippen LogP contribution in [0.1, 0.15) is 119 Å². The molecule has 0 saturated heterocycles. The van der Waals surface area contributed by atoms with Gasteiger partial charge in [0.1, 0.15) is 11.2 Å². The Bertz CT molecular complexity index is 384. The minimum atomic E-state index is -0.367. The van der Waals surface area contributed by atoms with E-state index in [0.717, 1.165) is 44.9 Å². The van der Waals surface area contributed by atoms with E-state index in [-0.39, 0.29) is 29.7 Å². The van der Waals surface area contributed by atoms with Crippen molar-refractivity contribution in [1.29, 1.82) is 0 Å². The lowest BCUT2D eigenvalue weighted by atomic mass is 10.1. The molecule has 0 aromatic carbocycles. The molecule has 1 N–H and O–H groups in total. The Labute approximate surface area is 199 Å². The van der Waals surface area contributed by atoms with E-state index in [1.165, 1.54) is 23.7 Å². The SMILES string of the molecule is CC(C)(C)OC(=O)CCCCCCCI.CC(C)(C)OC(=O)CCCCCCCO. The van der Waals surface area contributed by atoms with E-state index >= 15 is 0 Å². The minimum absolute atomic E-state index is 0.0589. The summed E-state index contributed by atoms with van der Waals surface area (Å²) in [5.74, 6) is -0.166. The van der Waals surface area contributed by atoms with E-state index < -0.39 is 0 Å². The molecule has 0 unspecified atom stereocenters. The van der Waals surface area contributed by atoms with Gasteiger partial charge in [0.25, 0.3) is 0 Å². The van der Waals surface area contributed by atoms with Gasteiger partial charge in [-0.25, -0.2) is 0 Å². The number of rotatable bonds is 14. The highest BCUT2D eigenvalue weighted by Crippen LogP contribution is 2.12. The monoisotopic (exact) mass is 542 g/mol. The average molecular weight is 543 g/mol. The highest BCUT2D eigenvalue weighted by atomic mass is 127. The Hall–Kier alpha value is -0.370. The fourth-order valence-electron chi connectivity index (χ4n) is 2.59. The number of carbonyl (C=O) groups is 2. The predicted octanol–water partition coefficient (Wildman–Crippen LogP) is 6.76. The number of carbonyl (C=O) groups excluding carboxylic acids is 2. The van der Waals surface area contributed by atoms with Gasteiger partial charge in [0, 0.05) is 19.4 Å². The van der Waals surface area contributed by atoms with Crippen LogP contribution in [0, 0.1) is 0 Å². The number of aliphatic hydroxyl groups is 1. The third kappa shape index (κ3) is 29.8. The zero-order valence-electron chi connectivity index (χ0n) is 20.4. The van der Waals surface area contributed by atoms with Crippen LogP contribution in [0.5, 0.6) is 0 Å². The molecule has 0 atom stereocenters. The topological polar surface area (TPSA) is 72.8 Å². The quantitative estimate of drug-likeness (QED) is 0.114. The van der Waals surface area contributed by atoms with Gasteiger partial charge in [-0.2, -0.15) is 0 Å². The van der Waals surface area contributed by atoms with Crippen molar-refractivity contribution in [2.45, 2.75) is 130 Å². The first-order valence-corrected chi connectivity index (χ1v) is 13.0. The molecule has 0 aromatic rings. The third-order valence-corrected chi connectivity index (χ3v) is 4.66.